The molecule has 0 saturated heterocycles. The van der Waals surface area contributed by atoms with Gasteiger partial charge in [-0.2, -0.15) is 0 Å². The van der Waals surface area contributed by atoms with Crippen LogP contribution in [-0.2, 0) is 0 Å². The molecule has 0 spiro atoms. The number of rotatable bonds is 2. The van der Waals surface area contributed by atoms with Crippen molar-refractivity contribution >= 4 is 32.9 Å². The molecule has 0 radical (unpaired) electrons. The van der Waals surface area contributed by atoms with Gasteiger partial charge in [-0.25, -0.2) is 4.98 Å². The van der Waals surface area contributed by atoms with Crippen LogP contribution in [0.5, 0.6) is 0 Å². The van der Waals surface area contributed by atoms with E-state index in [1.165, 1.54) is 4.70 Å². The van der Waals surface area contributed by atoms with Crippen LogP contribution in [0.4, 0.5) is 11.4 Å². The summed E-state index contributed by atoms with van der Waals surface area (Å²) in [5.41, 5.74) is 10.1. The Morgan fingerprint density at radius 2 is 1.89 bits per heavy atom. The van der Waals surface area contributed by atoms with Crippen molar-refractivity contribution in [2.45, 2.75) is 0 Å². The lowest BCUT2D eigenvalue weighted by molar-refractivity contribution is 1.13. The Hall–Kier alpha value is -2.07. The molecule has 0 aliphatic rings. The number of benzene rings is 2. The largest absolute Gasteiger partial charge is 0.398 e. The maximum absolute atomic E-state index is 6.15. The smallest absolute Gasteiger partial charge is 0.126 e. The molecule has 2 N–H and O–H groups in total. The van der Waals surface area contributed by atoms with Gasteiger partial charge in [-0.1, -0.05) is 12.1 Å². The monoisotopic (exact) mass is 269 g/mol. The van der Waals surface area contributed by atoms with E-state index in [4.69, 9.17) is 5.73 Å². The zero-order valence-corrected chi connectivity index (χ0v) is 11.7. The van der Waals surface area contributed by atoms with Crippen molar-refractivity contribution in [3.05, 3.63) is 42.5 Å². The van der Waals surface area contributed by atoms with Crippen molar-refractivity contribution in [1.29, 1.82) is 0 Å². The molecule has 3 nitrogen and oxygen atoms in total. The first kappa shape index (κ1) is 12.0. The van der Waals surface area contributed by atoms with Crippen molar-refractivity contribution in [3.8, 4) is 10.6 Å². The van der Waals surface area contributed by atoms with Crippen LogP contribution in [0.15, 0.2) is 42.5 Å². The molecule has 0 fully saturated rings. The molecule has 0 aliphatic heterocycles. The minimum atomic E-state index is 0.769. The number of aromatic nitrogens is 1. The third-order valence-corrected chi connectivity index (χ3v) is 4.15. The molecule has 1 aromatic heterocycles. The van der Waals surface area contributed by atoms with E-state index in [9.17, 15) is 0 Å². The lowest BCUT2D eigenvalue weighted by Crippen LogP contribution is -2.08. The van der Waals surface area contributed by atoms with Crippen LogP contribution in [0.2, 0.25) is 0 Å². The molecule has 0 amide bonds. The lowest BCUT2D eigenvalue weighted by Gasteiger charge is -2.14. The Balaban J connectivity index is 2.11. The third-order valence-electron chi connectivity index (χ3n) is 3.08. The highest BCUT2D eigenvalue weighted by Gasteiger charge is 2.09. The summed E-state index contributed by atoms with van der Waals surface area (Å²) in [6.07, 6.45) is 0. The van der Waals surface area contributed by atoms with Gasteiger partial charge in [0.15, 0.2) is 0 Å². The maximum atomic E-state index is 6.15. The molecule has 0 atom stereocenters. The third kappa shape index (κ3) is 2.15. The quantitative estimate of drug-likeness (QED) is 0.723. The number of nitrogens with zero attached hydrogens (tertiary/aromatic N) is 2. The van der Waals surface area contributed by atoms with Crippen LogP contribution < -0.4 is 10.6 Å². The Labute approximate surface area is 116 Å². The molecule has 3 aromatic rings. The van der Waals surface area contributed by atoms with E-state index in [-0.39, 0.29) is 0 Å². The van der Waals surface area contributed by atoms with Gasteiger partial charge in [0.1, 0.15) is 5.01 Å². The highest BCUT2D eigenvalue weighted by Crippen LogP contribution is 2.34. The highest BCUT2D eigenvalue weighted by molar-refractivity contribution is 7.21. The summed E-state index contributed by atoms with van der Waals surface area (Å²) in [5, 5.41) is 0.976. The van der Waals surface area contributed by atoms with E-state index in [1.54, 1.807) is 11.3 Å². The van der Waals surface area contributed by atoms with Crippen LogP contribution >= 0.6 is 11.3 Å². The van der Waals surface area contributed by atoms with E-state index >= 15 is 0 Å². The van der Waals surface area contributed by atoms with Gasteiger partial charge in [0.25, 0.3) is 0 Å². The number of anilines is 2. The second kappa shape index (κ2) is 4.55. The topological polar surface area (TPSA) is 42.2 Å². The number of para-hydroxylation sites is 1. The Kier molecular flexibility index (Phi) is 2.87. The molecule has 96 valence electrons. The molecule has 1 heterocycles. The van der Waals surface area contributed by atoms with E-state index in [1.807, 2.05) is 49.3 Å². The fourth-order valence-corrected chi connectivity index (χ4v) is 3.02. The second-order valence-electron chi connectivity index (χ2n) is 4.65. The van der Waals surface area contributed by atoms with Gasteiger partial charge in [-0.15, -0.1) is 11.3 Å². The normalized spacial score (nSPS) is 10.8. The number of fused-ring (bicyclic) bond motifs is 1. The minimum absolute atomic E-state index is 0.769. The van der Waals surface area contributed by atoms with Crippen molar-refractivity contribution in [1.82, 2.24) is 4.98 Å². The average molecular weight is 269 g/mol. The Morgan fingerprint density at radius 3 is 2.58 bits per heavy atom. The number of nitrogen functional groups attached to an aromatic ring is 1. The van der Waals surface area contributed by atoms with E-state index in [0.717, 1.165) is 27.5 Å². The number of thiazole rings is 1. The van der Waals surface area contributed by atoms with E-state index in [0.29, 0.717) is 0 Å². The molecule has 0 saturated carbocycles. The second-order valence-corrected chi connectivity index (χ2v) is 5.68. The van der Waals surface area contributed by atoms with Gasteiger partial charge in [0.05, 0.1) is 10.2 Å². The first-order valence-electron chi connectivity index (χ1n) is 6.08. The molecule has 0 unspecified atom stereocenters. The number of nitrogens with two attached hydrogens (primary N) is 1. The fourth-order valence-electron chi connectivity index (χ4n) is 2.01. The molecule has 19 heavy (non-hydrogen) atoms. The maximum Gasteiger partial charge on any atom is 0.126 e. The zero-order chi connectivity index (χ0) is 13.4. The van der Waals surface area contributed by atoms with Gasteiger partial charge >= 0.3 is 0 Å². The van der Waals surface area contributed by atoms with Gasteiger partial charge < -0.3 is 10.6 Å². The summed E-state index contributed by atoms with van der Waals surface area (Å²) in [5.74, 6) is 0. The van der Waals surface area contributed by atoms with Crippen molar-refractivity contribution in [2.24, 2.45) is 0 Å². The summed E-state index contributed by atoms with van der Waals surface area (Å²) in [6.45, 7) is 0. The molecule has 0 bridgehead atoms. The van der Waals surface area contributed by atoms with Gasteiger partial charge in [0, 0.05) is 31.0 Å². The van der Waals surface area contributed by atoms with E-state index < -0.39 is 0 Å². The fraction of sp³-hybridized carbons (Fsp3) is 0.133. The molecular weight excluding hydrogens is 254 g/mol. The first-order chi connectivity index (χ1) is 9.15. The van der Waals surface area contributed by atoms with Gasteiger partial charge in [-0.05, 0) is 30.3 Å². The van der Waals surface area contributed by atoms with Gasteiger partial charge in [-0.3, -0.25) is 0 Å². The predicted molar refractivity (Wildman–Crippen MR) is 83.8 cm³/mol. The van der Waals surface area contributed by atoms with Crippen molar-refractivity contribution < 1.29 is 0 Å². The summed E-state index contributed by atoms with van der Waals surface area (Å²) >= 11 is 1.67. The zero-order valence-electron chi connectivity index (χ0n) is 10.9. The van der Waals surface area contributed by atoms with Crippen molar-refractivity contribution in [3.63, 3.8) is 0 Å². The van der Waals surface area contributed by atoms with Gasteiger partial charge in [0.2, 0.25) is 0 Å². The standard InChI is InChI=1S/C15H15N3S/c1-18(2)10-7-8-11(12(16)9-10)15-17-13-5-3-4-6-14(13)19-15/h3-9H,16H2,1-2H3. The van der Waals surface area contributed by atoms with E-state index in [2.05, 4.69) is 17.1 Å². The molecule has 3 rings (SSSR count). The predicted octanol–water partition coefficient (Wildman–Crippen LogP) is 3.61. The highest BCUT2D eigenvalue weighted by atomic mass is 32.1. The van der Waals surface area contributed by atoms with Crippen LogP contribution in [-0.4, -0.2) is 19.1 Å². The summed E-state index contributed by atoms with van der Waals surface area (Å²) in [6, 6.07) is 14.2. The molecule has 4 heteroatoms. The Morgan fingerprint density at radius 1 is 1.11 bits per heavy atom. The van der Waals surface area contributed by atoms with Crippen LogP contribution in [0.3, 0.4) is 0 Å². The summed E-state index contributed by atoms with van der Waals surface area (Å²) in [4.78, 5) is 6.68. The first-order valence-corrected chi connectivity index (χ1v) is 6.89. The van der Waals surface area contributed by atoms with Crippen LogP contribution in [0.25, 0.3) is 20.8 Å². The summed E-state index contributed by atoms with van der Waals surface area (Å²) < 4.78 is 1.19. The minimum Gasteiger partial charge on any atom is -0.398 e. The van der Waals surface area contributed by atoms with Crippen LogP contribution in [0.1, 0.15) is 0 Å². The van der Waals surface area contributed by atoms with Crippen LogP contribution in [0, 0.1) is 0 Å². The van der Waals surface area contributed by atoms with Crippen molar-refractivity contribution in [2.75, 3.05) is 24.7 Å². The Bertz CT molecular complexity index is 698. The molecule has 2 aromatic carbocycles. The SMILES string of the molecule is CN(C)c1ccc(-c2nc3ccccc3s2)c(N)c1. The average Bonchev–Trinajstić information content (AvgIpc) is 2.81. The number of hydrogen-bond acceptors (Lipinski definition) is 4. The molecule has 0 aliphatic carbocycles. The lowest BCUT2D eigenvalue weighted by atomic mass is 10.1. The number of hydrogen-bond donors (Lipinski definition) is 1. The molecular formula is C15H15N3S. The summed E-state index contributed by atoms with van der Waals surface area (Å²) in [7, 11) is 4.01.